The molecule has 5 rings (SSSR count). The van der Waals surface area contributed by atoms with Crippen LogP contribution in [0.1, 0.15) is 57.7 Å². The third-order valence-electron chi connectivity index (χ3n) is 8.29. The first-order chi connectivity index (χ1) is 23.7. The molecule has 4 N–H and O–H groups in total. The standard InChI is InChI=1S/C35H39F3N8O4/c1-34(2,3)50-33(49)40-20-21-9-11-24(12-10-21)31(47)42-28(32(48)41-26-15-13-23(14-16-26)30-43-45-46-44-30)19-22-6-4-7-25(18-22)27-8-5-17-39-29(27)35(36,37)38/h4-8,13-18,21,24,28H,9-12,19-20H2,1-3H3,(H,40,49)(H,41,48)(H,42,47)(H,43,44,45,46)/t21?,24?,28-/m0/s1. The van der Waals surface area contributed by atoms with E-state index >= 15 is 0 Å². The number of tetrazole rings is 1. The van der Waals surface area contributed by atoms with Gasteiger partial charge < -0.3 is 20.7 Å². The first kappa shape index (κ1) is 36.0. The summed E-state index contributed by atoms with van der Waals surface area (Å²) in [6.07, 6.45) is -1.51. The number of alkyl carbamates (subject to hydrolysis) is 1. The van der Waals surface area contributed by atoms with Gasteiger partial charge in [-0.15, -0.1) is 10.2 Å². The Bertz CT molecular complexity index is 1770. The van der Waals surface area contributed by atoms with Crippen molar-refractivity contribution in [1.82, 2.24) is 36.2 Å². The average molecular weight is 693 g/mol. The minimum atomic E-state index is -4.66. The van der Waals surface area contributed by atoms with Gasteiger partial charge in [0.15, 0.2) is 5.69 Å². The zero-order chi connectivity index (χ0) is 35.9. The highest BCUT2D eigenvalue weighted by molar-refractivity contribution is 5.97. The third-order valence-corrected chi connectivity index (χ3v) is 8.29. The number of pyridine rings is 1. The van der Waals surface area contributed by atoms with Crippen LogP contribution in [0.4, 0.5) is 23.7 Å². The summed E-state index contributed by atoms with van der Waals surface area (Å²) in [6, 6.07) is 14.9. The Morgan fingerprint density at radius 3 is 2.36 bits per heavy atom. The highest BCUT2D eigenvalue weighted by atomic mass is 19.4. The van der Waals surface area contributed by atoms with Gasteiger partial charge in [-0.2, -0.15) is 18.4 Å². The molecule has 1 saturated carbocycles. The highest BCUT2D eigenvalue weighted by Crippen LogP contribution is 2.36. The molecular weight excluding hydrogens is 653 g/mol. The van der Waals surface area contributed by atoms with Crippen molar-refractivity contribution in [2.45, 2.75) is 70.7 Å². The molecule has 3 amide bonds. The minimum absolute atomic E-state index is 0.0170. The fourth-order valence-electron chi connectivity index (χ4n) is 5.85. The van der Waals surface area contributed by atoms with Gasteiger partial charge in [0, 0.05) is 41.9 Å². The fraction of sp³-hybridized carbons (Fsp3) is 0.400. The molecule has 0 spiro atoms. The summed E-state index contributed by atoms with van der Waals surface area (Å²) in [5, 5.41) is 22.4. The van der Waals surface area contributed by atoms with Crippen molar-refractivity contribution in [3.8, 4) is 22.5 Å². The van der Waals surface area contributed by atoms with Gasteiger partial charge in [-0.25, -0.2) is 4.79 Å². The monoisotopic (exact) mass is 692 g/mol. The molecule has 2 heterocycles. The van der Waals surface area contributed by atoms with Crippen molar-refractivity contribution in [3.63, 3.8) is 0 Å². The zero-order valence-corrected chi connectivity index (χ0v) is 27.9. The number of ether oxygens (including phenoxy) is 1. The molecule has 1 atom stereocenters. The first-order valence-corrected chi connectivity index (χ1v) is 16.3. The van der Waals surface area contributed by atoms with Crippen LogP contribution in [0.15, 0.2) is 66.9 Å². The summed E-state index contributed by atoms with van der Waals surface area (Å²) in [7, 11) is 0. The number of halogens is 3. The van der Waals surface area contributed by atoms with E-state index in [0.29, 0.717) is 54.9 Å². The van der Waals surface area contributed by atoms with Crippen molar-refractivity contribution in [2.75, 3.05) is 11.9 Å². The van der Waals surface area contributed by atoms with E-state index in [-0.39, 0.29) is 35.3 Å². The molecule has 50 heavy (non-hydrogen) atoms. The number of anilines is 1. The number of H-pyrrole nitrogens is 1. The average Bonchev–Trinajstić information content (AvgIpc) is 3.62. The number of rotatable bonds is 10. The number of hydrogen-bond acceptors (Lipinski definition) is 8. The molecule has 0 radical (unpaired) electrons. The van der Waals surface area contributed by atoms with E-state index in [1.54, 1.807) is 69.3 Å². The van der Waals surface area contributed by atoms with E-state index in [4.69, 9.17) is 4.74 Å². The van der Waals surface area contributed by atoms with Gasteiger partial charge in [-0.05, 0) is 99.0 Å². The maximum Gasteiger partial charge on any atom is 0.433 e. The molecule has 0 bridgehead atoms. The Morgan fingerprint density at radius 2 is 1.70 bits per heavy atom. The minimum Gasteiger partial charge on any atom is -0.444 e. The van der Waals surface area contributed by atoms with Crippen LogP contribution in [0.5, 0.6) is 0 Å². The lowest BCUT2D eigenvalue weighted by atomic mass is 9.81. The highest BCUT2D eigenvalue weighted by Gasteiger charge is 2.36. The molecule has 264 valence electrons. The van der Waals surface area contributed by atoms with Crippen LogP contribution in [-0.4, -0.2) is 61.7 Å². The van der Waals surface area contributed by atoms with E-state index < -0.39 is 35.5 Å². The molecule has 0 unspecified atom stereocenters. The van der Waals surface area contributed by atoms with Crippen LogP contribution in [0, 0.1) is 11.8 Å². The number of aromatic amines is 1. The summed E-state index contributed by atoms with van der Waals surface area (Å²) in [4.78, 5) is 42.9. The molecule has 0 aliphatic heterocycles. The number of hydrogen-bond donors (Lipinski definition) is 4. The van der Waals surface area contributed by atoms with Crippen molar-refractivity contribution >= 4 is 23.6 Å². The van der Waals surface area contributed by atoms with E-state index in [2.05, 4.69) is 41.6 Å². The SMILES string of the molecule is CC(C)(C)OC(=O)NCC1CCC(C(=O)N[C@@H](Cc2cccc(-c3cccnc3C(F)(F)F)c2)C(=O)Nc2ccc(-c3nn[nH]n3)cc2)CC1. The van der Waals surface area contributed by atoms with Gasteiger partial charge in [0.2, 0.25) is 17.6 Å². The molecule has 2 aromatic heterocycles. The summed E-state index contributed by atoms with van der Waals surface area (Å²) in [6.45, 7) is 5.81. The number of amides is 3. The van der Waals surface area contributed by atoms with Crippen molar-refractivity contribution in [1.29, 1.82) is 0 Å². The maximum absolute atomic E-state index is 13.7. The van der Waals surface area contributed by atoms with Crippen molar-refractivity contribution in [3.05, 3.63) is 78.1 Å². The third kappa shape index (κ3) is 9.86. The van der Waals surface area contributed by atoms with Crippen LogP contribution in [0.3, 0.4) is 0 Å². The normalized spacial score (nSPS) is 17.0. The number of carbonyl (C=O) groups is 3. The van der Waals surface area contributed by atoms with Gasteiger partial charge in [0.25, 0.3) is 0 Å². The Kier molecular flexibility index (Phi) is 11.1. The predicted molar refractivity (Wildman–Crippen MR) is 178 cm³/mol. The topological polar surface area (TPSA) is 164 Å². The van der Waals surface area contributed by atoms with Crippen LogP contribution < -0.4 is 16.0 Å². The lowest BCUT2D eigenvalue weighted by Gasteiger charge is -2.29. The van der Waals surface area contributed by atoms with Gasteiger partial charge in [-0.3, -0.25) is 14.6 Å². The number of alkyl halides is 3. The largest absolute Gasteiger partial charge is 0.444 e. The second-order valence-corrected chi connectivity index (χ2v) is 13.3. The van der Waals surface area contributed by atoms with Gasteiger partial charge in [-0.1, -0.05) is 30.3 Å². The second kappa shape index (κ2) is 15.5. The predicted octanol–water partition coefficient (Wildman–Crippen LogP) is 5.94. The molecule has 15 heteroatoms. The summed E-state index contributed by atoms with van der Waals surface area (Å²) >= 11 is 0. The number of carbonyl (C=O) groups excluding carboxylic acids is 3. The number of nitrogens with zero attached hydrogens (tertiary/aromatic N) is 4. The zero-order valence-electron chi connectivity index (χ0n) is 27.9. The van der Waals surface area contributed by atoms with Crippen molar-refractivity contribution < 1.29 is 32.3 Å². The van der Waals surface area contributed by atoms with E-state index in [1.807, 2.05) is 0 Å². The van der Waals surface area contributed by atoms with Crippen LogP contribution in [0.25, 0.3) is 22.5 Å². The molecule has 4 aromatic rings. The molecule has 1 aliphatic rings. The van der Waals surface area contributed by atoms with Gasteiger partial charge in [0.1, 0.15) is 11.6 Å². The number of benzene rings is 2. The molecule has 2 aromatic carbocycles. The Hall–Kier alpha value is -5.34. The lowest BCUT2D eigenvalue weighted by Crippen LogP contribution is -2.48. The second-order valence-electron chi connectivity index (χ2n) is 13.3. The number of nitrogens with one attached hydrogen (secondary N) is 4. The van der Waals surface area contributed by atoms with Crippen LogP contribution in [0.2, 0.25) is 0 Å². The van der Waals surface area contributed by atoms with E-state index in [0.717, 1.165) is 6.20 Å². The maximum atomic E-state index is 13.7. The van der Waals surface area contributed by atoms with Crippen molar-refractivity contribution in [2.24, 2.45) is 11.8 Å². The summed E-state index contributed by atoms with van der Waals surface area (Å²) < 4.78 is 46.5. The van der Waals surface area contributed by atoms with E-state index in [1.165, 1.54) is 12.1 Å². The van der Waals surface area contributed by atoms with Crippen LogP contribution in [-0.2, 0) is 26.9 Å². The molecule has 1 fully saturated rings. The quantitative estimate of drug-likeness (QED) is 0.159. The smallest absolute Gasteiger partial charge is 0.433 e. The van der Waals surface area contributed by atoms with Gasteiger partial charge >= 0.3 is 12.3 Å². The fourth-order valence-corrected chi connectivity index (χ4v) is 5.85. The Morgan fingerprint density at radius 1 is 0.960 bits per heavy atom. The van der Waals surface area contributed by atoms with Gasteiger partial charge in [0.05, 0.1) is 0 Å². The molecular formula is C35H39F3N8O4. The molecule has 0 saturated heterocycles. The van der Waals surface area contributed by atoms with Crippen LogP contribution >= 0.6 is 0 Å². The first-order valence-electron chi connectivity index (χ1n) is 16.3. The summed E-state index contributed by atoms with van der Waals surface area (Å²) in [5.74, 6) is -0.584. The Balaban J connectivity index is 1.29. The van der Waals surface area contributed by atoms with E-state index in [9.17, 15) is 27.6 Å². The number of aromatic nitrogens is 5. The molecule has 1 aliphatic carbocycles. The Labute approximate surface area is 287 Å². The molecule has 12 nitrogen and oxygen atoms in total. The summed E-state index contributed by atoms with van der Waals surface area (Å²) in [5.41, 5.74) is 0.246. The lowest BCUT2D eigenvalue weighted by molar-refractivity contribution is -0.140.